The molecule has 2 nitrogen and oxygen atoms in total. The van der Waals surface area contributed by atoms with Gasteiger partial charge in [-0.3, -0.25) is 0 Å². The molecule has 1 aliphatic carbocycles. The van der Waals surface area contributed by atoms with Crippen LogP contribution in [0.3, 0.4) is 0 Å². The Labute approximate surface area is 377 Å². The number of benzene rings is 8. The molecule has 8 aromatic carbocycles. The van der Waals surface area contributed by atoms with E-state index in [9.17, 15) is 0 Å². The lowest BCUT2D eigenvalue weighted by molar-refractivity contribution is 0.752. The second kappa shape index (κ2) is 16.5. The smallest absolute Gasteiger partial charge is 0.0534 e. The van der Waals surface area contributed by atoms with Gasteiger partial charge in [-0.15, -0.1) is 0 Å². The maximum atomic E-state index is 4.60. The van der Waals surface area contributed by atoms with Gasteiger partial charge in [-0.05, 0) is 147 Å². The molecular formula is C62H50N2. The number of fused-ring (bicyclic) bond motifs is 7. The standard InChI is InChI=1S/C62H50N2/c1-42(2)52(36-26-43(3)63-38-14-18-46-15-4-11-23-59(46)63)55-37-30-45(40-58(55)62-56-21-9-7-19-53(56)54-20-8-10-22-57(54)62)28-27-44-29-31-50-41-51(35-34-49(50)39-44)64-60-24-12-5-16-47(60)32-33-48-17-6-13-25-61(48)64/h4-13,15-17,19-37,39-41,62H,3,14,18,38H2,1-2H3/b28-27+,36-26-. The molecule has 0 unspecified atom stereocenters. The molecule has 0 bridgehead atoms. The van der Waals surface area contributed by atoms with Crippen LogP contribution in [-0.4, -0.2) is 6.54 Å². The molecule has 3 aliphatic rings. The second-order valence-electron chi connectivity index (χ2n) is 17.5. The van der Waals surface area contributed by atoms with E-state index in [1.165, 1.54) is 100 Å². The summed E-state index contributed by atoms with van der Waals surface area (Å²) in [5.74, 6) is 0.101. The Morgan fingerprint density at radius 3 is 1.83 bits per heavy atom. The lowest BCUT2D eigenvalue weighted by Gasteiger charge is -2.31. The number of allylic oxidation sites excluding steroid dienone is 4. The summed E-state index contributed by atoms with van der Waals surface area (Å²) < 4.78 is 0. The number of rotatable bonds is 8. The van der Waals surface area contributed by atoms with E-state index in [0.717, 1.165) is 30.8 Å². The number of nitrogens with zero attached hydrogens (tertiary/aromatic N) is 2. The van der Waals surface area contributed by atoms with Crippen LogP contribution in [0.15, 0.2) is 206 Å². The van der Waals surface area contributed by atoms with E-state index in [4.69, 9.17) is 0 Å². The normalized spacial score (nSPS) is 14.0. The zero-order valence-corrected chi connectivity index (χ0v) is 36.5. The average molecular weight is 823 g/mol. The maximum absolute atomic E-state index is 4.60. The topological polar surface area (TPSA) is 6.48 Å². The first-order valence-electron chi connectivity index (χ1n) is 22.6. The third-order valence-corrected chi connectivity index (χ3v) is 13.3. The first-order chi connectivity index (χ1) is 31.5. The Hall–Kier alpha value is -7.68. The van der Waals surface area contributed by atoms with Crippen molar-refractivity contribution in [2.45, 2.75) is 32.6 Å². The summed E-state index contributed by atoms with van der Waals surface area (Å²) in [6.45, 7) is 10.0. The van der Waals surface area contributed by atoms with Gasteiger partial charge in [0.15, 0.2) is 0 Å². The fraction of sp³-hybridized carbons (Fsp3) is 0.0968. The van der Waals surface area contributed by atoms with Crippen molar-refractivity contribution in [2.24, 2.45) is 0 Å². The van der Waals surface area contributed by atoms with Gasteiger partial charge in [-0.25, -0.2) is 0 Å². The Morgan fingerprint density at radius 1 is 0.547 bits per heavy atom. The van der Waals surface area contributed by atoms with Crippen LogP contribution in [0.1, 0.15) is 76.3 Å². The van der Waals surface area contributed by atoms with Gasteiger partial charge < -0.3 is 9.80 Å². The van der Waals surface area contributed by atoms with Gasteiger partial charge >= 0.3 is 0 Å². The number of hydrogen-bond donors (Lipinski definition) is 0. The highest BCUT2D eigenvalue weighted by atomic mass is 15.2. The molecule has 0 aromatic heterocycles. The van der Waals surface area contributed by atoms with Gasteiger partial charge in [-0.1, -0.05) is 182 Å². The maximum Gasteiger partial charge on any atom is 0.0534 e. The third-order valence-electron chi connectivity index (χ3n) is 13.3. The van der Waals surface area contributed by atoms with Gasteiger partial charge in [0.05, 0.1) is 11.4 Å². The number of hydrogen-bond acceptors (Lipinski definition) is 2. The van der Waals surface area contributed by atoms with Crippen LogP contribution in [0, 0.1) is 0 Å². The van der Waals surface area contributed by atoms with Gasteiger partial charge in [0.2, 0.25) is 0 Å². The van der Waals surface area contributed by atoms with Gasteiger partial charge in [0, 0.05) is 29.5 Å². The summed E-state index contributed by atoms with van der Waals surface area (Å²) in [4.78, 5) is 4.77. The monoisotopic (exact) mass is 822 g/mol. The van der Waals surface area contributed by atoms with Crippen molar-refractivity contribution in [3.8, 4) is 11.1 Å². The highest BCUT2D eigenvalue weighted by Gasteiger charge is 2.31. The Bertz CT molecular complexity index is 3160. The molecule has 0 spiro atoms. The first-order valence-corrected chi connectivity index (χ1v) is 22.6. The minimum Gasteiger partial charge on any atom is -0.342 e. The molecule has 0 saturated carbocycles. The summed E-state index contributed by atoms with van der Waals surface area (Å²) in [5.41, 5.74) is 22.4. The fourth-order valence-corrected chi connectivity index (χ4v) is 10.2. The van der Waals surface area contributed by atoms with Crippen LogP contribution in [0.2, 0.25) is 0 Å². The zero-order chi connectivity index (χ0) is 43.1. The van der Waals surface area contributed by atoms with E-state index >= 15 is 0 Å². The molecule has 2 heterocycles. The van der Waals surface area contributed by atoms with E-state index in [2.05, 4.69) is 243 Å². The van der Waals surface area contributed by atoms with Crippen LogP contribution in [0.4, 0.5) is 22.7 Å². The molecule has 11 rings (SSSR count). The molecule has 2 aliphatic heterocycles. The van der Waals surface area contributed by atoms with E-state index < -0.39 is 0 Å². The molecule has 0 saturated heterocycles. The van der Waals surface area contributed by atoms with Crippen LogP contribution in [0.25, 0.3) is 51.8 Å². The Morgan fingerprint density at radius 2 is 1.12 bits per heavy atom. The van der Waals surface area contributed by atoms with Crippen molar-refractivity contribution in [1.82, 2.24) is 0 Å². The summed E-state index contributed by atoms with van der Waals surface area (Å²) in [5, 5.41) is 2.42. The predicted molar refractivity (Wildman–Crippen MR) is 274 cm³/mol. The molecule has 2 heteroatoms. The molecule has 0 fully saturated rings. The largest absolute Gasteiger partial charge is 0.342 e. The van der Waals surface area contributed by atoms with Crippen LogP contribution in [0.5, 0.6) is 0 Å². The third kappa shape index (κ3) is 7.12. The molecule has 0 N–H and O–H groups in total. The second-order valence-corrected chi connectivity index (χ2v) is 17.5. The average Bonchev–Trinajstić information content (AvgIpc) is 3.57. The van der Waals surface area contributed by atoms with E-state index in [-0.39, 0.29) is 5.92 Å². The van der Waals surface area contributed by atoms with Crippen molar-refractivity contribution in [3.63, 3.8) is 0 Å². The van der Waals surface area contributed by atoms with Gasteiger partial charge in [-0.2, -0.15) is 0 Å². The van der Waals surface area contributed by atoms with E-state index in [1.807, 2.05) is 0 Å². The van der Waals surface area contributed by atoms with E-state index in [1.54, 1.807) is 0 Å². The van der Waals surface area contributed by atoms with Crippen molar-refractivity contribution < 1.29 is 0 Å². The SMILES string of the molecule is C=C(/C=C\C(=C(C)C)c1ccc(/C=C/c2ccc3cc(N4c5ccccc5C=Cc5ccccc54)ccc3c2)cc1C1c2ccccc2-c2ccccc21)N1CCCc2ccccc21. The molecule has 0 radical (unpaired) electrons. The molecule has 0 amide bonds. The summed E-state index contributed by atoms with van der Waals surface area (Å²) >= 11 is 0. The predicted octanol–water partition coefficient (Wildman–Crippen LogP) is 16.4. The van der Waals surface area contributed by atoms with Crippen molar-refractivity contribution in [1.29, 1.82) is 0 Å². The molecule has 308 valence electrons. The van der Waals surface area contributed by atoms with Crippen molar-refractivity contribution >= 4 is 63.4 Å². The number of para-hydroxylation sites is 3. The minimum atomic E-state index is 0.101. The number of aryl methyl sites for hydroxylation is 1. The van der Waals surface area contributed by atoms with Crippen molar-refractivity contribution in [3.05, 3.63) is 256 Å². The summed E-state index contributed by atoms with van der Waals surface area (Å²) in [6.07, 6.45) is 15.8. The van der Waals surface area contributed by atoms with Crippen molar-refractivity contribution in [2.75, 3.05) is 16.3 Å². The lowest BCUT2D eigenvalue weighted by atomic mass is 9.82. The molecule has 64 heavy (non-hydrogen) atoms. The van der Waals surface area contributed by atoms with Crippen LogP contribution in [-0.2, 0) is 6.42 Å². The lowest BCUT2D eigenvalue weighted by Crippen LogP contribution is -2.27. The Kier molecular flexibility index (Phi) is 10.1. The summed E-state index contributed by atoms with van der Waals surface area (Å²) in [6, 6.07) is 64.7. The zero-order valence-electron chi connectivity index (χ0n) is 36.5. The van der Waals surface area contributed by atoms with Crippen LogP contribution < -0.4 is 9.80 Å². The molecular weight excluding hydrogens is 773 g/mol. The Balaban J connectivity index is 0.951. The first kappa shape index (κ1) is 39.2. The minimum absolute atomic E-state index is 0.101. The van der Waals surface area contributed by atoms with Gasteiger partial charge in [0.1, 0.15) is 0 Å². The molecule has 0 atom stereocenters. The van der Waals surface area contributed by atoms with Crippen LogP contribution >= 0.6 is 0 Å². The van der Waals surface area contributed by atoms with E-state index in [0.29, 0.717) is 0 Å². The van der Waals surface area contributed by atoms with Gasteiger partial charge in [0.25, 0.3) is 0 Å². The fourth-order valence-electron chi connectivity index (χ4n) is 10.2. The summed E-state index contributed by atoms with van der Waals surface area (Å²) in [7, 11) is 0. The highest BCUT2D eigenvalue weighted by molar-refractivity contribution is 5.97. The molecule has 8 aromatic rings. The number of anilines is 4. The highest BCUT2D eigenvalue weighted by Crippen LogP contribution is 2.50. The quantitative estimate of drug-likeness (QED) is 0.111.